The first-order valence-electron chi connectivity index (χ1n) is 10.7. The van der Waals surface area contributed by atoms with Crippen molar-refractivity contribution in [1.82, 2.24) is 10.3 Å². The molecule has 6 nitrogen and oxygen atoms in total. The van der Waals surface area contributed by atoms with Crippen molar-refractivity contribution in [1.29, 1.82) is 0 Å². The molecule has 2 heterocycles. The molecule has 8 heteroatoms. The average molecular weight is 490 g/mol. The summed E-state index contributed by atoms with van der Waals surface area (Å²) in [7, 11) is 0. The zero-order valence-electron chi connectivity index (χ0n) is 18.0. The largest absolute Gasteiger partial charge is 0.482 e. The molecule has 0 aliphatic carbocycles. The Hall–Kier alpha value is -3.68. The van der Waals surface area contributed by atoms with Crippen molar-refractivity contribution in [3.8, 4) is 27.6 Å². The lowest BCUT2D eigenvalue weighted by atomic mass is 10.1. The number of thiazole rings is 1. The van der Waals surface area contributed by atoms with Crippen LogP contribution in [0.15, 0.2) is 78.2 Å². The predicted molar refractivity (Wildman–Crippen MR) is 134 cm³/mol. The molecule has 2 amide bonds. The first-order chi connectivity index (χ1) is 16.6. The molecule has 0 unspecified atom stereocenters. The highest BCUT2D eigenvalue weighted by atomic mass is 35.5. The first-order valence-corrected chi connectivity index (χ1v) is 11.9. The minimum Gasteiger partial charge on any atom is -0.482 e. The summed E-state index contributed by atoms with van der Waals surface area (Å²) in [5.41, 5.74) is 3.99. The van der Waals surface area contributed by atoms with Crippen LogP contribution in [-0.2, 0) is 16.1 Å². The Morgan fingerprint density at radius 2 is 1.88 bits per heavy atom. The molecule has 0 radical (unpaired) electrons. The maximum atomic E-state index is 12.6. The van der Waals surface area contributed by atoms with E-state index in [2.05, 4.69) is 5.32 Å². The van der Waals surface area contributed by atoms with Crippen LogP contribution < -0.4 is 15.0 Å². The third kappa shape index (κ3) is 4.66. The van der Waals surface area contributed by atoms with E-state index < -0.39 is 0 Å². The highest BCUT2D eigenvalue weighted by Crippen LogP contribution is 2.38. The Balaban J connectivity index is 1.37. The lowest BCUT2D eigenvalue weighted by Gasteiger charge is -2.29. The number of fused-ring (bicyclic) bond motifs is 1. The maximum Gasteiger partial charge on any atom is 0.265 e. The van der Waals surface area contributed by atoms with Gasteiger partial charge in [0.05, 0.1) is 16.4 Å². The minimum absolute atomic E-state index is 0.0899. The van der Waals surface area contributed by atoms with Gasteiger partial charge in [-0.2, -0.15) is 0 Å². The van der Waals surface area contributed by atoms with E-state index >= 15 is 0 Å². The lowest BCUT2D eigenvalue weighted by Crippen LogP contribution is -2.45. The van der Waals surface area contributed by atoms with Gasteiger partial charge in [-0.25, -0.2) is 4.98 Å². The minimum atomic E-state index is -0.269. The van der Waals surface area contributed by atoms with Gasteiger partial charge in [-0.1, -0.05) is 60.1 Å². The molecule has 0 spiro atoms. The zero-order chi connectivity index (χ0) is 23.5. The SMILES string of the molecule is O=C(CN1C(=O)COc2ccc(-c3csc(-c4ccccc4Cl)n3)cc21)NCc1ccccc1. The van der Waals surface area contributed by atoms with E-state index in [-0.39, 0.29) is 25.0 Å². The molecule has 1 aliphatic heterocycles. The number of amides is 2. The van der Waals surface area contributed by atoms with Gasteiger partial charge >= 0.3 is 0 Å². The van der Waals surface area contributed by atoms with Gasteiger partial charge in [-0.05, 0) is 29.8 Å². The van der Waals surface area contributed by atoms with Gasteiger partial charge in [0, 0.05) is 23.1 Å². The second kappa shape index (κ2) is 9.67. The molecule has 1 N–H and O–H groups in total. The van der Waals surface area contributed by atoms with Gasteiger partial charge in [0.2, 0.25) is 5.91 Å². The molecule has 3 aromatic carbocycles. The van der Waals surface area contributed by atoms with Gasteiger partial charge in [-0.3, -0.25) is 14.5 Å². The molecule has 0 atom stereocenters. The number of aromatic nitrogens is 1. The van der Waals surface area contributed by atoms with Crippen LogP contribution in [-0.4, -0.2) is 29.9 Å². The number of anilines is 1. The van der Waals surface area contributed by atoms with Crippen LogP contribution >= 0.6 is 22.9 Å². The molecule has 34 heavy (non-hydrogen) atoms. The van der Waals surface area contributed by atoms with Crippen molar-refractivity contribution in [2.45, 2.75) is 6.54 Å². The quantitative estimate of drug-likeness (QED) is 0.405. The van der Waals surface area contributed by atoms with Gasteiger partial charge in [0.1, 0.15) is 17.3 Å². The summed E-state index contributed by atoms with van der Waals surface area (Å²) in [6.07, 6.45) is 0. The van der Waals surface area contributed by atoms with Crippen LogP contribution in [0.3, 0.4) is 0 Å². The average Bonchev–Trinajstić information content (AvgIpc) is 3.35. The summed E-state index contributed by atoms with van der Waals surface area (Å²) >= 11 is 7.82. The number of nitrogens with zero attached hydrogens (tertiary/aromatic N) is 2. The van der Waals surface area contributed by atoms with Crippen molar-refractivity contribution in [3.63, 3.8) is 0 Å². The predicted octanol–water partition coefficient (Wildman–Crippen LogP) is 5.17. The van der Waals surface area contributed by atoms with E-state index in [4.69, 9.17) is 21.3 Å². The normalized spacial score (nSPS) is 12.7. The van der Waals surface area contributed by atoms with Crippen LogP contribution in [0.2, 0.25) is 5.02 Å². The number of benzene rings is 3. The molecule has 0 bridgehead atoms. The second-order valence-electron chi connectivity index (χ2n) is 7.73. The number of carbonyl (C=O) groups is 2. The number of ether oxygens (including phenoxy) is 1. The number of hydrogen-bond acceptors (Lipinski definition) is 5. The van der Waals surface area contributed by atoms with Crippen LogP contribution in [0.25, 0.3) is 21.8 Å². The third-order valence-corrected chi connectivity index (χ3v) is 6.65. The maximum absolute atomic E-state index is 12.6. The molecule has 170 valence electrons. The summed E-state index contributed by atoms with van der Waals surface area (Å²) in [4.78, 5) is 31.5. The van der Waals surface area contributed by atoms with E-state index in [0.717, 1.165) is 27.4 Å². The van der Waals surface area contributed by atoms with Crippen LogP contribution in [0, 0.1) is 0 Å². The zero-order valence-corrected chi connectivity index (χ0v) is 19.6. The second-order valence-corrected chi connectivity index (χ2v) is 9.00. The van der Waals surface area contributed by atoms with Crippen molar-refractivity contribution >= 4 is 40.4 Å². The number of halogens is 1. The van der Waals surface area contributed by atoms with Gasteiger partial charge in [0.15, 0.2) is 6.61 Å². The molecule has 0 saturated heterocycles. The van der Waals surface area contributed by atoms with E-state index in [9.17, 15) is 9.59 Å². The summed E-state index contributed by atoms with van der Waals surface area (Å²) in [6, 6.07) is 22.7. The fourth-order valence-electron chi connectivity index (χ4n) is 3.70. The molecule has 0 fully saturated rings. The Morgan fingerprint density at radius 1 is 1.09 bits per heavy atom. The van der Waals surface area contributed by atoms with Gasteiger partial charge in [0.25, 0.3) is 5.91 Å². The molecular formula is C26H20ClN3O3S. The summed E-state index contributed by atoms with van der Waals surface area (Å²) in [5, 5.41) is 6.27. The lowest BCUT2D eigenvalue weighted by molar-refractivity contribution is -0.125. The van der Waals surface area contributed by atoms with Crippen LogP contribution in [0.5, 0.6) is 5.75 Å². The Bertz CT molecular complexity index is 1360. The molecule has 4 aromatic rings. The molecule has 1 aromatic heterocycles. The van der Waals surface area contributed by atoms with E-state index in [1.807, 2.05) is 72.1 Å². The van der Waals surface area contributed by atoms with Crippen molar-refractivity contribution in [2.75, 3.05) is 18.1 Å². The monoisotopic (exact) mass is 489 g/mol. The Kier molecular flexibility index (Phi) is 6.29. The molecule has 1 aliphatic rings. The third-order valence-electron chi connectivity index (χ3n) is 5.44. The van der Waals surface area contributed by atoms with E-state index in [0.29, 0.717) is 23.0 Å². The van der Waals surface area contributed by atoms with Gasteiger partial charge < -0.3 is 10.1 Å². The molecule has 5 rings (SSSR count). The molecular weight excluding hydrogens is 470 g/mol. The standard InChI is InChI=1S/C26H20ClN3O3S/c27-20-9-5-4-8-19(20)26-29-21(16-34-26)18-10-11-23-22(12-18)30(25(32)15-33-23)14-24(31)28-13-17-6-2-1-3-7-17/h1-12,16H,13-15H2,(H,28,31). The van der Waals surface area contributed by atoms with E-state index in [1.54, 1.807) is 6.07 Å². The highest BCUT2D eigenvalue weighted by Gasteiger charge is 2.28. The fourth-order valence-corrected chi connectivity index (χ4v) is 4.84. The highest BCUT2D eigenvalue weighted by molar-refractivity contribution is 7.13. The van der Waals surface area contributed by atoms with Crippen molar-refractivity contribution < 1.29 is 14.3 Å². The Labute approximate surface area is 205 Å². The summed E-state index contributed by atoms with van der Waals surface area (Å²) in [5.74, 6) is 0.0421. The van der Waals surface area contributed by atoms with Crippen LogP contribution in [0.1, 0.15) is 5.56 Å². The number of hydrogen-bond donors (Lipinski definition) is 1. The summed E-state index contributed by atoms with van der Waals surface area (Å²) < 4.78 is 5.60. The molecule has 0 saturated carbocycles. The fraction of sp³-hybridized carbons (Fsp3) is 0.115. The topological polar surface area (TPSA) is 71.5 Å². The Morgan fingerprint density at radius 3 is 2.71 bits per heavy atom. The van der Waals surface area contributed by atoms with Gasteiger partial charge in [-0.15, -0.1) is 11.3 Å². The van der Waals surface area contributed by atoms with Crippen molar-refractivity contribution in [2.24, 2.45) is 0 Å². The number of nitrogens with one attached hydrogen (secondary N) is 1. The van der Waals surface area contributed by atoms with Crippen LogP contribution in [0.4, 0.5) is 5.69 Å². The summed E-state index contributed by atoms with van der Waals surface area (Å²) in [6.45, 7) is 0.202. The smallest absolute Gasteiger partial charge is 0.265 e. The first kappa shape index (κ1) is 22.1. The van der Waals surface area contributed by atoms with E-state index in [1.165, 1.54) is 16.2 Å². The number of rotatable bonds is 6. The number of carbonyl (C=O) groups excluding carboxylic acids is 2. The van der Waals surface area contributed by atoms with Crippen molar-refractivity contribution in [3.05, 3.63) is 88.8 Å².